The lowest BCUT2D eigenvalue weighted by Crippen LogP contribution is -2.49. The van der Waals surface area contributed by atoms with E-state index in [1.165, 1.54) is 5.56 Å². The molecular weight excluding hydrogens is 322 g/mol. The fourth-order valence-electron chi connectivity index (χ4n) is 4.38. The highest BCUT2D eigenvalue weighted by Gasteiger charge is 2.46. The zero-order valence-electron chi connectivity index (χ0n) is 14.9. The van der Waals surface area contributed by atoms with E-state index < -0.39 is 18.3 Å². The second-order valence-electron chi connectivity index (χ2n) is 7.08. The van der Waals surface area contributed by atoms with Gasteiger partial charge in [-0.25, -0.2) is 0 Å². The Hall–Kier alpha value is -1.76. The molecule has 2 bridgehead atoms. The van der Waals surface area contributed by atoms with E-state index in [-0.39, 0.29) is 6.04 Å². The monoisotopic (exact) mass is 347 g/mol. The van der Waals surface area contributed by atoms with Crippen molar-refractivity contribution >= 4 is 5.76 Å². The van der Waals surface area contributed by atoms with Crippen molar-refractivity contribution in [2.75, 3.05) is 27.8 Å². The van der Waals surface area contributed by atoms with Crippen molar-refractivity contribution in [1.29, 1.82) is 0 Å². The highest BCUT2D eigenvalue weighted by molar-refractivity contribution is 5.76. The van der Waals surface area contributed by atoms with Gasteiger partial charge in [0.1, 0.15) is 11.9 Å². The fraction of sp³-hybridized carbons (Fsp3) is 0.579. The smallest absolute Gasteiger partial charge is 0.172 e. The SMILES string of the molecule is COc1cc2c3c(c1OC)/C1=C/C[C@H](O)C[C@@H](O)[C@@H](O1)[C@@H]3N(C)CC2. The summed E-state index contributed by atoms with van der Waals surface area (Å²) in [5.41, 5.74) is 3.26. The first kappa shape index (κ1) is 16.7. The van der Waals surface area contributed by atoms with Crippen LogP contribution in [-0.2, 0) is 11.2 Å². The second kappa shape index (κ2) is 6.20. The molecule has 0 radical (unpaired) electrons. The molecule has 3 aliphatic heterocycles. The average molecular weight is 347 g/mol. The topological polar surface area (TPSA) is 71.4 Å². The number of ether oxygens (including phenoxy) is 3. The third-order valence-corrected chi connectivity index (χ3v) is 5.59. The maximum absolute atomic E-state index is 10.7. The van der Waals surface area contributed by atoms with Gasteiger partial charge in [-0.05, 0) is 43.2 Å². The number of aliphatic hydroxyl groups is 2. The van der Waals surface area contributed by atoms with Crippen molar-refractivity contribution in [3.8, 4) is 11.5 Å². The van der Waals surface area contributed by atoms with E-state index in [1.807, 2.05) is 19.2 Å². The van der Waals surface area contributed by atoms with E-state index in [2.05, 4.69) is 4.90 Å². The summed E-state index contributed by atoms with van der Waals surface area (Å²) < 4.78 is 17.5. The number of methoxy groups -OCH3 is 2. The van der Waals surface area contributed by atoms with Crippen LogP contribution in [0.1, 0.15) is 35.6 Å². The van der Waals surface area contributed by atoms with Gasteiger partial charge in [0.15, 0.2) is 11.5 Å². The number of rotatable bonds is 2. The van der Waals surface area contributed by atoms with Gasteiger partial charge in [0, 0.05) is 13.0 Å². The molecule has 0 saturated carbocycles. The normalized spacial score (nSPS) is 33.2. The summed E-state index contributed by atoms with van der Waals surface area (Å²) in [5.74, 6) is 2.00. The van der Waals surface area contributed by atoms with Gasteiger partial charge in [0.2, 0.25) is 0 Å². The summed E-state index contributed by atoms with van der Waals surface area (Å²) >= 11 is 0. The lowest BCUT2D eigenvalue weighted by atomic mass is 9.79. The maximum Gasteiger partial charge on any atom is 0.172 e. The van der Waals surface area contributed by atoms with E-state index >= 15 is 0 Å². The second-order valence-corrected chi connectivity index (χ2v) is 7.08. The van der Waals surface area contributed by atoms with E-state index in [0.717, 1.165) is 24.1 Å². The molecule has 0 saturated heterocycles. The minimum absolute atomic E-state index is 0.0731. The van der Waals surface area contributed by atoms with E-state index in [1.54, 1.807) is 14.2 Å². The molecule has 4 rings (SSSR count). The summed E-state index contributed by atoms with van der Waals surface area (Å²) in [6, 6.07) is 1.97. The van der Waals surface area contributed by atoms with Crippen molar-refractivity contribution < 1.29 is 24.4 Å². The van der Waals surface area contributed by atoms with Gasteiger partial charge in [-0.2, -0.15) is 0 Å². The zero-order chi connectivity index (χ0) is 17.7. The van der Waals surface area contributed by atoms with E-state index in [4.69, 9.17) is 14.2 Å². The van der Waals surface area contributed by atoms with Crippen molar-refractivity contribution in [2.24, 2.45) is 0 Å². The van der Waals surface area contributed by atoms with Crippen LogP contribution in [0, 0.1) is 0 Å². The van der Waals surface area contributed by atoms with Crippen molar-refractivity contribution in [3.63, 3.8) is 0 Å². The molecule has 1 aromatic rings. The molecule has 0 aliphatic carbocycles. The summed E-state index contributed by atoms with van der Waals surface area (Å²) in [6.45, 7) is 0.876. The largest absolute Gasteiger partial charge is 0.493 e. The first-order chi connectivity index (χ1) is 12.0. The predicted octanol–water partition coefficient (Wildman–Crippen LogP) is 1.49. The first-order valence-corrected chi connectivity index (χ1v) is 8.76. The molecule has 3 aliphatic rings. The van der Waals surface area contributed by atoms with Crippen LogP contribution in [0.4, 0.5) is 0 Å². The molecular formula is C19H25NO5. The number of hydrogen-bond acceptors (Lipinski definition) is 6. The van der Waals surface area contributed by atoms with Gasteiger partial charge in [-0.3, -0.25) is 4.90 Å². The van der Waals surface area contributed by atoms with Crippen LogP contribution >= 0.6 is 0 Å². The van der Waals surface area contributed by atoms with Gasteiger partial charge in [0.25, 0.3) is 0 Å². The minimum atomic E-state index is -0.724. The van der Waals surface area contributed by atoms with Gasteiger partial charge < -0.3 is 24.4 Å². The Balaban J connectivity index is 2.00. The molecule has 6 heteroatoms. The molecule has 0 unspecified atom stereocenters. The fourth-order valence-corrected chi connectivity index (χ4v) is 4.38. The standard InChI is InChI=1S/C19H25NO5/c1-20-7-6-10-8-14(23-2)19(24-3)16-13-5-4-11(21)9-12(22)18(25-13)17(20)15(10)16/h5,8,11-12,17-18,21-22H,4,6-7,9H2,1-3H3/b13-5-/t11-,12+,17+,18+/m0/s1. The molecule has 0 amide bonds. The molecule has 4 atom stereocenters. The van der Waals surface area contributed by atoms with Crippen LogP contribution in [0.15, 0.2) is 12.1 Å². The third kappa shape index (κ3) is 2.51. The quantitative estimate of drug-likeness (QED) is 0.845. The van der Waals surface area contributed by atoms with Crippen LogP contribution in [-0.4, -0.2) is 61.2 Å². The average Bonchev–Trinajstić information content (AvgIpc) is 2.61. The number of aliphatic hydroxyl groups excluding tert-OH is 2. The minimum Gasteiger partial charge on any atom is -0.493 e. The zero-order valence-corrected chi connectivity index (χ0v) is 14.9. The Morgan fingerprint density at radius 3 is 2.76 bits per heavy atom. The summed E-state index contributed by atoms with van der Waals surface area (Å²) in [4.78, 5) is 2.22. The molecule has 2 N–H and O–H groups in total. The van der Waals surface area contributed by atoms with Crippen molar-refractivity contribution in [3.05, 3.63) is 28.8 Å². The summed E-state index contributed by atoms with van der Waals surface area (Å²) in [6.07, 6.45) is 1.86. The Bertz CT molecular complexity index is 716. The van der Waals surface area contributed by atoms with Crippen LogP contribution < -0.4 is 9.47 Å². The number of hydrogen-bond donors (Lipinski definition) is 2. The predicted molar refractivity (Wildman–Crippen MR) is 92.7 cm³/mol. The van der Waals surface area contributed by atoms with Gasteiger partial charge >= 0.3 is 0 Å². The molecule has 0 spiro atoms. The molecule has 6 nitrogen and oxygen atoms in total. The third-order valence-electron chi connectivity index (χ3n) is 5.59. The Morgan fingerprint density at radius 1 is 1.24 bits per heavy atom. The molecule has 3 heterocycles. The van der Waals surface area contributed by atoms with Gasteiger partial charge in [-0.1, -0.05) is 0 Å². The highest BCUT2D eigenvalue weighted by Crippen LogP contribution is 2.51. The van der Waals surface area contributed by atoms with Crippen LogP contribution in [0.5, 0.6) is 11.5 Å². The van der Waals surface area contributed by atoms with Gasteiger partial charge in [0.05, 0.1) is 38.0 Å². The Kier molecular flexibility index (Phi) is 4.14. The first-order valence-electron chi connectivity index (χ1n) is 8.76. The van der Waals surface area contributed by atoms with Crippen LogP contribution in [0.2, 0.25) is 0 Å². The molecule has 25 heavy (non-hydrogen) atoms. The number of likely N-dealkylation sites (N-methyl/N-ethyl adjacent to an activating group) is 1. The molecule has 0 aromatic heterocycles. The summed E-state index contributed by atoms with van der Waals surface area (Å²) in [5, 5.41) is 20.9. The van der Waals surface area contributed by atoms with E-state index in [9.17, 15) is 10.2 Å². The van der Waals surface area contributed by atoms with Gasteiger partial charge in [-0.15, -0.1) is 0 Å². The number of nitrogens with zero attached hydrogens (tertiary/aromatic N) is 1. The maximum atomic E-state index is 10.7. The van der Waals surface area contributed by atoms with Crippen LogP contribution in [0.25, 0.3) is 5.76 Å². The highest BCUT2D eigenvalue weighted by atomic mass is 16.5. The Labute approximate surface area is 147 Å². The Morgan fingerprint density at radius 2 is 2.04 bits per heavy atom. The molecule has 136 valence electrons. The molecule has 0 fully saturated rings. The van der Waals surface area contributed by atoms with E-state index in [0.29, 0.717) is 30.1 Å². The summed E-state index contributed by atoms with van der Waals surface area (Å²) in [7, 11) is 5.31. The van der Waals surface area contributed by atoms with Crippen molar-refractivity contribution in [2.45, 2.75) is 43.6 Å². The lowest BCUT2D eigenvalue weighted by Gasteiger charge is -2.47. The van der Waals surface area contributed by atoms with Crippen LogP contribution in [0.3, 0.4) is 0 Å². The number of benzene rings is 1. The van der Waals surface area contributed by atoms with Crippen molar-refractivity contribution in [1.82, 2.24) is 4.90 Å². The molecule has 1 aromatic carbocycles. The lowest BCUT2D eigenvalue weighted by molar-refractivity contribution is -0.0634. The number of fused-ring (bicyclic) bond motifs is 4.